The van der Waals surface area contributed by atoms with Gasteiger partial charge in [-0.1, -0.05) is 0 Å². The molecule has 3 heteroatoms. The normalized spacial score (nSPS) is 14.4. The second kappa shape index (κ2) is 3.33. The van der Waals surface area contributed by atoms with Crippen molar-refractivity contribution in [3.05, 3.63) is 29.3 Å². The van der Waals surface area contributed by atoms with Crippen molar-refractivity contribution in [2.45, 2.75) is 13.5 Å². The molecule has 2 rings (SSSR count). The highest BCUT2D eigenvalue weighted by atomic mass is 16.5. The Balaban J connectivity index is 2.34. The van der Waals surface area contributed by atoms with Crippen LogP contribution >= 0.6 is 0 Å². The summed E-state index contributed by atoms with van der Waals surface area (Å²) < 4.78 is 5.37. The van der Waals surface area contributed by atoms with Crippen LogP contribution in [0.5, 0.6) is 5.75 Å². The van der Waals surface area contributed by atoms with Gasteiger partial charge in [0.05, 0.1) is 6.61 Å². The van der Waals surface area contributed by atoms with Gasteiger partial charge in [-0.25, -0.2) is 0 Å². The lowest BCUT2D eigenvalue weighted by molar-refractivity contribution is 0.0816. The van der Waals surface area contributed by atoms with E-state index in [0.29, 0.717) is 13.2 Å². The molecule has 0 atom stereocenters. The van der Waals surface area contributed by atoms with Crippen molar-refractivity contribution < 1.29 is 9.53 Å². The van der Waals surface area contributed by atoms with Crippen LogP contribution in [-0.2, 0) is 6.54 Å². The average molecular weight is 191 g/mol. The third-order valence-electron chi connectivity index (χ3n) is 2.37. The predicted molar refractivity (Wildman–Crippen MR) is 53.4 cm³/mol. The second-order valence-electron chi connectivity index (χ2n) is 3.41. The molecule has 1 amide bonds. The molecule has 0 saturated heterocycles. The Bertz CT molecular complexity index is 374. The van der Waals surface area contributed by atoms with E-state index in [1.165, 1.54) is 0 Å². The highest BCUT2D eigenvalue weighted by molar-refractivity contribution is 5.98. The Kier molecular flexibility index (Phi) is 2.15. The van der Waals surface area contributed by atoms with E-state index in [1.807, 2.05) is 32.2 Å². The molecule has 74 valence electrons. The van der Waals surface area contributed by atoms with Gasteiger partial charge >= 0.3 is 0 Å². The van der Waals surface area contributed by atoms with Gasteiger partial charge in [0.25, 0.3) is 5.91 Å². The Hall–Kier alpha value is -1.51. The monoisotopic (exact) mass is 191 g/mol. The summed E-state index contributed by atoms with van der Waals surface area (Å²) in [5.41, 5.74) is 1.86. The first-order chi connectivity index (χ1) is 6.72. The summed E-state index contributed by atoms with van der Waals surface area (Å²) in [6.07, 6.45) is 0. The van der Waals surface area contributed by atoms with E-state index in [9.17, 15) is 4.79 Å². The highest BCUT2D eigenvalue weighted by Crippen LogP contribution is 2.25. The fourth-order valence-electron chi connectivity index (χ4n) is 1.70. The number of carbonyl (C=O) groups is 1. The predicted octanol–water partition coefficient (Wildman–Crippen LogP) is 1.67. The van der Waals surface area contributed by atoms with Crippen molar-refractivity contribution in [1.82, 2.24) is 4.90 Å². The molecule has 0 spiro atoms. The number of amides is 1. The van der Waals surface area contributed by atoms with Crippen molar-refractivity contribution in [2.24, 2.45) is 0 Å². The quantitative estimate of drug-likeness (QED) is 0.711. The molecule has 0 N–H and O–H groups in total. The van der Waals surface area contributed by atoms with Crippen LogP contribution in [0.2, 0.25) is 0 Å². The van der Waals surface area contributed by atoms with E-state index in [-0.39, 0.29) is 5.91 Å². The standard InChI is InChI=1S/C11H13NO2/c1-3-14-9-4-5-10-8(6-9)7-12(2)11(10)13/h4-6H,3,7H2,1-2H3. The van der Waals surface area contributed by atoms with Gasteiger partial charge in [-0.05, 0) is 30.7 Å². The fraction of sp³-hybridized carbons (Fsp3) is 0.364. The third-order valence-corrected chi connectivity index (χ3v) is 2.37. The fourth-order valence-corrected chi connectivity index (χ4v) is 1.70. The maximum Gasteiger partial charge on any atom is 0.254 e. The molecule has 0 fully saturated rings. The summed E-state index contributed by atoms with van der Waals surface area (Å²) >= 11 is 0. The molecule has 0 saturated carbocycles. The maximum absolute atomic E-state index is 11.6. The summed E-state index contributed by atoms with van der Waals surface area (Å²) in [6.45, 7) is 3.29. The number of carbonyl (C=O) groups excluding carboxylic acids is 1. The largest absolute Gasteiger partial charge is 0.494 e. The van der Waals surface area contributed by atoms with Gasteiger partial charge in [-0.3, -0.25) is 4.79 Å². The Morgan fingerprint density at radius 3 is 3.00 bits per heavy atom. The van der Waals surface area contributed by atoms with Gasteiger partial charge in [-0.2, -0.15) is 0 Å². The number of rotatable bonds is 2. The first kappa shape index (κ1) is 9.06. The van der Waals surface area contributed by atoms with Gasteiger partial charge < -0.3 is 9.64 Å². The zero-order chi connectivity index (χ0) is 10.1. The van der Waals surface area contributed by atoms with Gasteiger partial charge in [0.1, 0.15) is 5.75 Å². The molecule has 1 aliphatic heterocycles. The third kappa shape index (κ3) is 1.35. The van der Waals surface area contributed by atoms with Gasteiger partial charge in [0.2, 0.25) is 0 Å². The molecule has 0 aliphatic carbocycles. The van der Waals surface area contributed by atoms with Gasteiger partial charge in [-0.15, -0.1) is 0 Å². The molecule has 0 aromatic heterocycles. The van der Waals surface area contributed by atoms with Crippen LogP contribution in [0.25, 0.3) is 0 Å². The van der Waals surface area contributed by atoms with Crippen molar-refractivity contribution in [2.75, 3.05) is 13.7 Å². The number of ether oxygens (including phenoxy) is 1. The summed E-state index contributed by atoms with van der Waals surface area (Å²) in [4.78, 5) is 13.3. The summed E-state index contributed by atoms with van der Waals surface area (Å²) in [7, 11) is 1.81. The lowest BCUT2D eigenvalue weighted by Crippen LogP contribution is -2.17. The minimum atomic E-state index is 0.100. The molecule has 0 radical (unpaired) electrons. The van der Waals surface area contributed by atoms with Crippen LogP contribution in [-0.4, -0.2) is 24.5 Å². The van der Waals surface area contributed by atoms with Crippen molar-refractivity contribution in [3.63, 3.8) is 0 Å². The molecule has 14 heavy (non-hydrogen) atoms. The van der Waals surface area contributed by atoms with E-state index < -0.39 is 0 Å². The van der Waals surface area contributed by atoms with E-state index in [1.54, 1.807) is 4.90 Å². The number of nitrogens with zero attached hydrogens (tertiary/aromatic N) is 1. The first-order valence-corrected chi connectivity index (χ1v) is 4.73. The van der Waals surface area contributed by atoms with Crippen LogP contribution in [0.3, 0.4) is 0 Å². The van der Waals surface area contributed by atoms with Crippen molar-refractivity contribution >= 4 is 5.91 Å². The highest BCUT2D eigenvalue weighted by Gasteiger charge is 2.24. The zero-order valence-electron chi connectivity index (χ0n) is 8.41. The second-order valence-corrected chi connectivity index (χ2v) is 3.41. The molecule has 3 nitrogen and oxygen atoms in total. The summed E-state index contributed by atoms with van der Waals surface area (Å²) in [6, 6.07) is 5.63. The Labute approximate surface area is 83.3 Å². The molecule has 0 bridgehead atoms. The lowest BCUT2D eigenvalue weighted by Gasteiger charge is -2.04. The van der Waals surface area contributed by atoms with Crippen LogP contribution in [0, 0.1) is 0 Å². The van der Waals surface area contributed by atoms with E-state index >= 15 is 0 Å². The van der Waals surface area contributed by atoms with E-state index in [4.69, 9.17) is 4.74 Å². The molecule has 1 aromatic rings. The molecular formula is C11H13NO2. The SMILES string of the molecule is CCOc1ccc2c(c1)CN(C)C2=O. The van der Waals surface area contributed by atoms with Crippen molar-refractivity contribution in [1.29, 1.82) is 0 Å². The van der Waals surface area contributed by atoms with E-state index in [0.717, 1.165) is 16.9 Å². The number of fused-ring (bicyclic) bond motifs is 1. The first-order valence-electron chi connectivity index (χ1n) is 4.73. The van der Waals surface area contributed by atoms with Crippen LogP contribution in [0.4, 0.5) is 0 Å². The van der Waals surface area contributed by atoms with Crippen LogP contribution < -0.4 is 4.74 Å². The summed E-state index contributed by atoms with van der Waals surface area (Å²) in [5, 5.41) is 0. The molecule has 1 aromatic carbocycles. The van der Waals surface area contributed by atoms with Gasteiger partial charge in [0.15, 0.2) is 0 Å². The van der Waals surface area contributed by atoms with Crippen LogP contribution in [0.1, 0.15) is 22.8 Å². The zero-order valence-corrected chi connectivity index (χ0v) is 8.41. The molecule has 1 heterocycles. The topological polar surface area (TPSA) is 29.5 Å². The molecular weight excluding hydrogens is 178 g/mol. The minimum absolute atomic E-state index is 0.100. The average Bonchev–Trinajstić information content (AvgIpc) is 2.43. The Morgan fingerprint density at radius 2 is 2.29 bits per heavy atom. The smallest absolute Gasteiger partial charge is 0.254 e. The maximum atomic E-state index is 11.6. The lowest BCUT2D eigenvalue weighted by atomic mass is 10.1. The van der Waals surface area contributed by atoms with Crippen LogP contribution in [0.15, 0.2) is 18.2 Å². The minimum Gasteiger partial charge on any atom is -0.494 e. The van der Waals surface area contributed by atoms with E-state index in [2.05, 4.69) is 0 Å². The number of hydrogen-bond acceptors (Lipinski definition) is 2. The Morgan fingerprint density at radius 1 is 1.50 bits per heavy atom. The number of hydrogen-bond donors (Lipinski definition) is 0. The number of benzene rings is 1. The van der Waals surface area contributed by atoms with Gasteiger partial charge in [0, 0.05) is 19.2 Å². The molecule has 0 unspecified atom stereocenters. The summed E-state index contributed by atoms with van der Waals surface area (Å²) in [5.74, 6) is 0.942. The molecule has 1 aliphatic rings. The van der Waals surface area contributed by atoms with Crippen molar-refractivity contribution in [3.8, 4) is 5.75 Å².